The molecule has 0 aliphatic carbocycles. The van der Waals surface area contributed by atoms with Crippen molar-refractivity contribution >= 4 is 17.3 Å². The Balaban J connectivity index is 2.04. The molecule has 1 unspecified atom stereocenters. The molecule has 0 amide bonds. The summed E-state index contributed by atoms with van der Waals surface area (Å²) in [6.45, 7) is 6.06. The summed E-state index contributed by atoms with van der Waals surface area (Å²) in [4.78, 5) is 11.1. The van der Waals surface area contributed by atoms with Gasteiger partial charge in [0.1, 0.15) is 11.8 Å². The number of nitriles is 1. The van der Waals surface area contributed by atoms with Crippen LogP contribution in [0.4, 0.5) is 5.95 Å². The highest BCUT2D eigenvalue weighted by molar-refractivity contribution is 7.11. The molecule has 5 heteroatoms. The summed E-state index contributed by atoms with van der Waals surface area (Å²) in [7, 11) is 0. The lowest BCUT2D eigenvalue weighted by Gasteiger charge is -2.13. The molecule has 2 rings (SSSR count). The van der Waals surface area contributed by atoms with Crippen LogP contribution >= 0.6 is 11.3 Å². The van der Waals surface area contributed by atoms with E-state index in [1.165, 1.54) is 9.75 Å². The molecular weight excluding hydrogens is 256 g/mol. The van der Waals surface area contributed by atoms with Crippen LogP contribution in [0.25, 0.3) is 0 Å². The van der Waals surface area contributed by atoms with E-state index in [0.29, 0.717) is 11.6 Å². The Labute approximate surface area is 117 Å². The van der Waals surface area contributed by atoms with Crippen LogP contribution in [0, 0.1) is 25.2 Å². The van der Waals surface area contributed by atoms with E-state index in [0.717, 1.165) is 12.1 Å². The number of aromatic nitrogens is 2. The van der Waals surface area contributed by atoms with Gasteiger partial charge >= 0.3 is 0 Å². The molecule has 0 radical (unpaired) electrons. The molecule has 0 saturated carbocycles. The van der Waals surface area contributed by atoms with Gasteiger partial charge in [-0.2, -0.15) is 5.26 Å². The van der Waals surface area contributed by atoms with Crippen LogP contribution in [0.3, 0.4) is 0 Å². The van der Waals surface area contributed by atoms with Crippen molar-refractivity contribution in [3.63, 3.8) is 0 Å². The van der Waals surface area contributed by atoms with E-state index in [-0.39, 0.29) is 6.04 Å². The molecule has 2 aromatic heterocycles. The molecule has 0 aromatic carbocycles. The highest BCUT2D eigenvalue weighted by atomic mass is 32.1. The molecule has 0 fully saturated rings. The first-order valence-corrected chi connectivity index (χ1v) is 6.96. The van der Waals surface area contributed by atoms with Crippen LogP contribution in [-0.2, 0) is 6.42 Å². The van der Waals surface area contributed by atoms with Gasteiger partial charge in [0.25, 0.3) is 0 Å². The Bertz CT molecular complexity index is 612. The minimum Gasteiger partial charge on any atom is -0.351 e. The fraction of sp³-hybridized carbons (Fsp3) is 0.357. The van der Waals surface area contributed by atoms with Crippen molar-refractivity contribution in [1.29, 1.82) is 5.26 Å². The van der Waals surface area contributed by atoms with E-state index in [1.54, 1.807) is 17.4 Å². The zero-order valence-corrected chi connectivity index (χ0v) is 12.1. The Morgan fingerprint density at radius 2 is 2.16 bits per heavy atom. The van der Waals surface area contributed by atoms with E-state index in [2.05, 4.69) is 41.3 Å². The first-order chi connectivity index (χ1) is 9.06. The van der Waals surface area contributed by atoms with Crippen molar-refractivity contribution < 1.29 is 0 Å². The quantitative estimate of drug-likeness (QED) is 0.929. The van der Waals surface area contributed by atoms with Crippen LogP contribution in [0.2, 0.25) is 0 Å². The Kier molecular flexibility index (Phi) is 4.13. The summed E-state index contributed by atoms with van der Waals surface area (Å²) < 4.78 is 0. The molecular formula is C14H16N4S. The predicted octanol–water partition coefficient (Wildman–Crippen LogP) is 3.07. The van der Waals surface area contributed by atoms with Crippen molar-refractivity contribution in [1.82, 2.24) is 9.97 Å². The van der Waals surface area contributed by atoms with Crippen LogP contribution in [0.5, 0.6) is 0 Å². The Morgan fingerprint density at radius 1 is 1.37 bits per heavy atom. The van der Waals surface area contributed by atoms with Gasteiger partial charge in [-0.05, 0) is 39.0 Å². The standard InChI is InChI=1S/C14H16N4S/c1-9-6-12(8-15)18-14(16-9)17-10(2)7-13-5-4-11(3)19-13/h4-6,10H,7H2,1-3H3,(H,16,17,18). The van der Waals surface area contributed by atoms with E-state index >= 15 is 0 Å². The average molecular weight is 272 g/mol. The highest BCUT2D eigenvalue weighted by Crippen LogP contribution is 2.17. The second kappa shape index (κ2) is 5.81. The topological polar surface area (TPSA) is 61.6 Å². The fourth-order valence-corrected chi connectivity index (χ4v) is 2.88. The molecule has 4 nitrogen and oxygen atoms in total. The van der Waals surface area contributed by atoms with Crippen molar-refractivity contribution in [3.05, 3.63) is 39.3 Å². The normalized spacial score (nSPS) is 11.9. The summed E-state index contributed by atoms with van der Waals surface area (Å²) in [6.07, 6.45) is 0.928. The molecule has 0 aliphatic rings. The summed E-state index contributed by atoms with van der Waals surface area (Å²) in [6, 6.07) is 8.23. The van der Waals surface area contributed by atoms with Crippen molar-refractivity contribution in [2.45, 2.75) is 33.2 Å². The molecule has 98 valence electrons. The molecule has 1 N–H and O–H groups in total. The smallest absolute Gasteiger partial charge is 0.224 e. The van der Waals surface area contributed by atoms with Crippen molar-refractivity contribution in [2.75, 3.05) is 5.32 Å². The van der Waals surface area contributed by atoms with Gasteiger partial charge in [-0.3, -0.25) is 0 Å². The predicted molar refractivity (Wildman–Crippen MR) is 77.3 cm³/mol. The van der Waals surface area contributed by atoms with Gasteiger partial charge in [0.05, 0.1) is 0 Å². The van der Waals surface area contributed by atoms with Gasteiger partial charge in [-0.1, -0.05) is 0 Å². The van der Waals surface area contributed by atoms with Gasteiger partial charge in [0, 0.05) is 27.9 Å². The zero-order valence-electron chi connectivity index (χ0n) is 11.3. The number of hydrogen-bond acceptors (Lipinski definition) is 5. The van der Waals surface area contributed by atoms with Crippen molar-refractivity contribution in [2.24, 2.45) is 0 Å². The van der Waals surface area contributed by atoms with Gasteiger partial charge in [0.2, 0.25) is 5.95 Å². The lowest BCUT2D eigenvalue weighted by Crippen LogP contribution is -2.19. The van der Waals surface area contributed by atoms with E-state index in [4.69, 9.17) is 5.26 Å². The minimum absolute atomic E-state index is 0.228. The second-order valence-corrected chi connectivity index (χ2v) is 5.96. The molecule has 0 spiro atoms. The maximum absolute atomic E-state index is 8.89. The third-order valence-electron chi connectivity index (χ3n) is 2.65. The number of aryl methyl sites for hydroxylation is 2. The lowest BCUT2D eigenvalue weighted by atomic mass is 10.2. The van der Waals surface area contributed by atoms with Gasteiger partial charge in [-0.25, -0.2) is 9.97 Å². The first kappa shape index (κ1) is 13.5. The Morgan fingerprint density at radius 3 is 2.79 bits per heavy atom. The largest absolute Gasteiger partial charge is 0.351 e. The van der Waals surface area contributed by atoms with Gasteiger partial charge in [-0.15, -0.1) is 11.3 Å². The number of hydrogen-bond donors (Lipinski definition) is 1. The molecule has 2 heterocycles. The van der Waals surface area contributed by atoms with Crippen molar-refractivity contribution in [3.8, 4) is 6.07 Å². The van der Waals surface area contributed by atoms with Crippen LogP contribution < -0.4 is 5.32 Å². The highest BCUT2D eigenvalue weighted by Gasteiger charge is 2.08. The van der Waals surface area contributed by atoms with E-state index < -0.39 is 0 Å². The zero-order chi connectivity index (χ0) is 13.8. The Hall–Kier alpha value is -1.93. The second-order valence-electron chi connectivity index (χ2n) is 4.59. The van der Waals surface area contributed by atoms with E-state index in [9.17, 15) is 0 Å². The molecule has 1 atom stereocenters. The molecule has 0 bridgehead atoms. The monoisotopic (exact) mass is 272 g/mol. The van der Waals surface area contributed by atoms with Crippen LogP contribution in [0.15, 0.2) is 18.2 Å². The van der Waals surface area contributed by atoms with Gasteiger partial charge < -0.3 is 5.32 Å². The molecule has 2 aromatic rings. The summed E-state index contributed by atoms with van der Waals surface area (Å²) in [5.74, 6) is 0.525. The lowest BCUT2D eigenvalue weighted by molar-refractivity contribution is 0.784. The maximum Gasteiger partial charge on any atom is 0.224 e. The average Bonchev–Trinajstić information content (AvgIpc) is 2.73. The summed E-state index contributed by atoms with van der Waals surface area (Å²) in [5.41, 5.74) is 1.20. The number of nitrogens with one attached hydrogen (secondary N) is 1. The molecule has 0 aliphatic heterocycles. The maximum atomic E-state index is 8.89. The minimum atomic E-state index is 0.228. The number of thiophene rings is 1. The third kappa shape index (κ3) is 3.76. The summed E-state index contributed by atoms with van der Waals surface area (Å²) in [5, 5.41) is 12.1. The molecule has 19 heavy (non-hydrogen) atoms. The van der Waals surface area contributed by atoms with Crippen LogP contribution in [0.1, 0.15) is 28.1 Å². The number of anilines is 1. The molecule has 0 saturated heterocycles. The van der Waals surface area contributed by atoms with E-state index in [1.807, 2.05) is 13.0 Å². The first-order valence-electron chi connectivity index (χ1n) is 6.14. The van der Waals surface area contributed by atoms with Gasteiger partial charge in [0.15, 0.2) is 0 Å². The van der Waals surface area contributed by atoms with Crippen LogP contribution in [-0.4, -0.2) is 16.0 Å². The summed E-state index contributed by atoms with van der Waals surface area (Å²) >= 11 is 1.80. The fourth-order valence-electron chi connectivity index (χ4n) is 1.86. The number of nitrogens with zero attached hydrogens (tertiary/aromatic N) is 3. The number of rotatable bonds is 4. The SMILES string of the molecule is Cc1cc(C#N)nc(NC(C)Cc2ccc(C)s2)n1. The third-order valence-corrected chi connectivity index (χ3v) is 3.67.